The van der Waals surface area contributed by atoms with Crippen LogP contribution in [0.15, 0.2) is 29.3 Å². The van der Waals surface area contributed by atoms with Crippen molar-refractivity contribution in [2.75, 3.05) is 13.1 Å². The number of carbonyl (C=O) groups excluding carboxylic acids is 3. The van der Waals surface area contributed by atoms with E-state index in [0.717, 1.165) is 0 Å². The van der Waals surface area contributed by atoms with E-state index in [0.29, 0.717) is 12.0 Å². The van der Waals surface area contributed by atoms with Crippen molar-refractivity contribution in [2.24, 2.45) is 22.2 Å². The molecule has 0 aliphatic heterocycles. The Morgan fingerprint density at radius 3 is 2.21 bits per heavy atom. The molecular weight excluding hydrogens is 434 g/mol. The highest BCUT2D eigenvalue weighted by molar-refractivity contribution is 5.92. The van der Waals surface area contributed by atoms with E-state index in [4.69, 9.17) is 17.2 Å². The summed E-state index contributed by atoms with van der Waals surface area (Å²) in [6, 6.07) is 2.79. The quantitative estimate of drug-likeness (QED) is 0.0872. The number of aliphatic carboxylic acids is 1. The molecule has 0 heterocycles. The predicted octanol–water partition coefficient (Wildman–Crippen LogP) is -2.49. The zero-order chi connectivity index (χ0) is 25.0. The van der Waals surface area contributed by atoms with Crippen LogP contribution in [-0.2, 0) is 25.6 Å². The molecule has 1 aromatic carbocycles. The Labute approximate surface area is 190 Å². The van der Waals surface area contributed by atoms with Crippen molar-refractivity contribution in [2.45, 2.75) is 44.3 Å². The summed E-state index contributed by atoms with van der Waals surface area (Å²) in [7, 11) is 0. The van der Waals surface area contributed by atoms with Gasteiger partial charge in [-0.1, -0.05) is 12.1 Å². The zero-order valence-electron chi connectivity index (χ0n) is 18.3. The van der Waals surface area contributed by atoms with Crippen molar-refractivity contribution >= 4 is 29.7 Å². The number of rotatable bonds is 13. The summed E-state index contributed by atoms with van der Waals surface area (Å²) in [5.74, 6) is -3.26. The van der Waals surface area contributed by atoms with Crippen LogP contribution in [0.4, 0.5) is 0 Å². The molecule has 0 fully saturated rings. The number of benzene rings is 1. The van der Waals surface area contributed by atoms with Crippen molar-refractivity contribution in [3.63, 3.8) is 0 Å². The van der Waals surface area contributed by atoms with E-state index in [1.165, 1.54) is 31.2 Å². The van der Waals surface area contributed by atoms with Crippen molar-refractivity contribution < 1.29 is 29.4 Å². The molecule has 0 saturated carbocycles. The maximum Gasteiger partial charge on any atom is 0.326 e. The van der Waals surface area contributed by atoms with Gasteiger partial charge in [-0.2, -0.15) is 0 Å². The Hall–Kier alpha value is -3.87. The first-order chi connectivity index (χ1) is 15.5. The van der Waals surface area contributed by atoms with E-state index in [2.05, 4.69) is 20.9 Å². The minimum Gasteiger partial charge on any atom is -0.508 e. The molecule has 3 amide bonds. The molecule has 1 aromatic rings. The maximum absolute atomic E-state index is 12.5. The van der Waals surface area contributed by atoms with Crippen LogP contribution in [0, 0.1) is 0 Å². The number of nitrogens with two attached hydrogens (primary N) is 3. The Bertz CT molecular complexity index is 853. The summed E-state index contributed by atoms with van der Waals surface area (Å²) in [6.07, 6.45) is 0.531. The number of nitrogens with one attached hydrogen (secondary N) is 3. The second-order valence-corrected chi connectivity index (χ2v) is 7.35. The summed E-state index contributed by atoms with van der Waals surface area (Å²) < 4.78 is 0. The van der Waals surface area contributed by atoms with Gasteiger partial charge < -0.3 is 43.4 Å². The van der Waals surface area contributed by atoms with Gasteiger partial charge in [-0.3, -0.25) is 19.4 Å². The fraction of sp³-hybridized carbons (Fsp3) is 0.450. The monoisotopic (exact) mass is 465 g/mol. The smallest absolute Gasteiger partial charge is 0.326 e. The van der Waals surface area contributed by atoms with E-state index >= 15 is 0 Å². The minimum atomic E-state index is -1.26. The number of aromatic hydroxyl groups is 1. The number of aliphatic imine (C=N–C) groups is 1. The third-order valence-electron chi connectivity index (χ3n) is 4.42. The number of guanidine groups is 1. The molecule has 0 bridgehead atoms. The fourth-order valence-corrected chi connectivity index (χ4v) is 2.68. The lowest BCUT2D eigenvalue weighted by Gasteiger charge is -2.20. The van der Waals surface area contributed by atoms with Crippen LogP contribution >= 0.6 is 0 Å². The number of amides is 3. The number of phenolic OH excluding ortho intramolecular Hbond substituents is 1. The number of hydrogen-bond donors (Lipinski definition) is 8. The largest absolute Gasteiger partial charge is 0.508 e. The number of carbonyl (C=O) groups is 4. The van der Waals surface area contributed by atoms with Gasteiger partial charge in [0.1, 0.15) is 17.8 Å². The standard InChI is InChI=1S/C20H31N7O6/c1-11(21)17(30)27-14(3-2-8-24-20(22)23)18(31)25-10-16(29)26-15(19(32)33)9-12-4-6-13(28)7-5-12/h4-7,11,14-15,28H,2-3,8-10,21H2,1H3,(H,25,31)(H,26,29)(H,27,30)(H,32,33)(H4,22,23,24). The lowest BCUT2D eigenvalue weighted by Crippen LogP contribution is -2.53. The highest BCUT2D eigenvalue weighted by atomic mass is 16.4. The summed E-state index contributed by atoms with van der Waals surface area (Å²) in [6.45, 7) is 1.19. The van der Waals surface area contributed by atoms with Gasteiger partial charge in [-0.05, 0) is 37.5 Å². The van der Waals surface area contributed by atoms with Crippen LogP contribution in [0.25, 0.3) is 0 Å². The second kappa shape index (κ2) is 13.5. The molecule has 13 nitrogen and oxygen atoms in total. The molecule has 182 valence electrons. The molecule has 0 radical (unpaired) electrons. The molecule has 0 aliphatic carbocycles. The number of carboxylic acids is 1. The minimum absolute atomic E-state index is 0.0207. The second-order valence-electron chi connectivity index (χ2n) is 7.35. The molecule has 0 aromatic heterocycles. The average Bonchev–Trinajstić information content (AvgIpc) is 2.74. The van der Waals surface area contributed by atoms with Crippen molar-refractivity contribution in [1.29, 1.82) is 0 Å². The first kappa shape index (κ1) is 27.2. The lowest BCUT2D eigenvalue weighted by molar-refractivity contribution is -0.141. The number of carboxylic acid groups (broad SMARTS) is 1. The SMILES string of the molecule is CC(N)C(=O)NC(CCCN=C(N)N)C(=O)NCC(=O)NC(Cc1ccc(O)cc1)C(=O)O. The van der Waals surface area contributed by atoms with Gasteiger partial charge in [0.05, 0.1) is 12.6 Å². The van der Waals surface area contributed by atoms with Gasteiger partial charge in [-0.15, -0.1) is 0 Å². The summed E-state index contributed by atoms with van der Waals surface area (Å²) >= 11 is 0. The lowest BCUT2D eigenvalue weighted by atomic mass is 10.1. The predicted molar refractivity (Wildman–Crippen MR) is 120 cm³/mol. The van der Waals surface area contributed by atoms with Crippen molar-refractivity contribution in [1.82, 2.24) is 16.0 Å². The first-order valence-corrected chi connectivity index (χ1v) is 10.2. The molecule has 1 rings (SSSR count). The van der Waals surface area contributed by atoms with Crippen LogP contribution in [0.2, 0.25) is 0 Å². The third kappa shape index (κ3) is 10.8. The van der Waals surface area contributed by atoms with Crippen LogP contribution in [0.3, 0.4) is 0 Å². The first-order valence-electron chi connectivity index (χ1n) is 10.2. The Morgan fingerprint density at radius 2 is 1.67 bits per heavy atom. The van der Waals surface area contributed by atoms with Gasteiger partial charge in [0, 0.05) is 13.0 Å². The molecule has 3 unspecified atom stereocenters. The van der Waals surface area contributed by atoms with Crippen LogP contribution < -0.4 is 33.2 Å². The summed E-state index contributed by atoms with van der Waals surface area (Å²) in [5, 5.41) is 25.9. The highest BCUT2D eigenvalue weighted by Crippen LogP contribution is 2.11. The Balaban J connectivity index is 2.66. The maximum atomic E-state index is 12.5. The molecule has 3 atom stereocenters. The molecular formula is C20H31N7O6. The number of phenols is 1. The summed E-state index contributed by atoms with van der Waals surface area (Å²) in [5.41, 5.74) is 16.6. The molecule has 0 aliphatic rings. The molecule has 0 spiro atoms. The van der Waals surface area contributed by atoms with Crippen LogP contribution in [0.1, 0.15) is 25.3 Å². The van der Waals surface area contributed by atoms with E-state index < -0.39 is 48.4 Å². The van der Waals surface area contributed by atoms with E-state index in [1.54, 1.807) is 0 Å². The van der Waals surface area contributed by atoms with Gasteiger partial charge in [0.15, 0.2) is 5.96 Å². The van der Waals surface area contributed by atoms with Gasteiger partial charge in [0.25, 0.3) is 0 Å². The van der Waals surface area contributed by atoms with Crippen molar-refractivity contribution in [3.8, 4) is 5.75 Å². The Morgan fingerprint density at radius 1 is 1.03 bits per heavy atom. The third-order valence-corrected chi connectivity index (χ3v) is 4.42. The van der Waals surface area contributed by atoms with Crippen LogP contribution in [0.5, 0.6) is 5.75 Å². The average molecular weight is 466 g/mol. The molecule has 11 N–H and O–H groups in total. The van der Waals surface area contributed by atoms with E-state index in [9.17, 15) is 29.4 Å². The Kier molecular flexibility index (Phi) is 11.1. The van der Waals surface area contributed by atoms with Crippen LogP contribution in [-0.4, -0.2) is 71.1 Å². The fourth-order valence-electron chi connectivity index (χ4n) is 2.68. The van der Waals surface area contributed by atoms with Gasteiger partial charge in [0.2, 0.25) is 17.7 Å². The van der Waals surface area contributed by atoms with Gasteiger partial charge >= 0.3 is 5.97 Å². The molecule has 33 heavy (non-hydrogen) atoms. The molecule has 13 heteroatoms. The number of nitrogens with zero attached hydrogens (tertiary/aromatic N) is 1. The molecule has 0 saturated heterocycles. The van der Waals surface area contributed by atoms with E-state index in [1.807, 2.05) is 0 Å². The topological polar surface area (TPSA) is 235 Å². The summed E-state index contributed by atoms with van der Waals surface area (Å²) in [4.78, 5) is 51.9. The zero-order valence-corrected chi connectivity index (χ0v) is 18.3. The highest BCUT2D eigenvalue weighted by Gasteiger charge is 2.24. The normalized spacial score (nSPS) is 13.2. The van der Waals surface area contributed by atoms with Crippen molar-refractivity contribution in [3.05, 3.63) is 29.8 Å². The van der Waals surface area contributed by atoms with E-state index in [-0.39, 0.29) is 31.1 Å². The number of hydrogen-bond acceptors (Lipinski definition) is 7. The van der Waals surface area contributed by atoms with Gasteiger partial charge in [-0.25, -0.2) is 4.79 Å².